The minimum Gasteiger partial charge on any atom is -0.490 e. The Morgan fingerprint density at radius 2 is 1.71 bits per heavy atom. The van der Waals surface area contributed by atoms with Gasteiger partial charge in [0.1, 0.15) is 24.7 Å². The Kier molecular flexibility index (Phi) is 6.43. The quantitative estimate of drug-likeness (QED) is 0.578. The van der Waals surface area contributed by atoms with E-state index in [0.717, 1.165) is 23.1 Å². The number of carboxylic acids is 1. The van der Waals surface area contributed by atoms with Gasteiger partial charge in [-0.05, 0) is 41.3 Å². The summed E-state index contributed by atoms with van der Waals surface area (Å²) in [5, 5.41) is 8.59. The molecule has 0 atom stereocenters. The van der Waals surface area contributed by atoms with Crippen LogP contribution in [0, 0.1) is 0 Å². The predicted molar refractivity (Wildman–Crippen MR) is 94.6 cm³/mol. The molecule has 24 heavy (non-hydrogen) atoms. The largest absolute Gasteiger partial charge is 0.490 e. The van der Waals surface area contributed by atoms with E-state index in [1.807, 2.05) is 42.5 Å². The molecule has 0 radical (unpaired) electrons. The molecule has 0 aromatic heterocycles. The second-order valence-corrected chi connectivity index (χ2v) is 5.63. The van der Waals surface area contributed by atoms with Crippen LogP contribution >= 0.6 is 0 Å². The summed E-state index contributed by atoms with van der Waals surface area (Å²) in [6.07, 6.45) is 2.65. The summed E-state index contributed by atoms with van der Waals surface area (Å²) in [4.78, 5) is 10.5. The van der Waals surface area contributed by atoms with Crippen LogP contribution in [0.3, 0.4) is 0 Å². The topological polar surface area (TPSA) is 55.8 Å². The molecule has 4 nitrogen and oxygen atoms in total. The van der Waals surface area contributed by atoms with Crippen molar-refractivity contribution < 1.29 is 19.4 Å². The molecule has 2 rings (SSSR count). The van der Waals surface area contributed by atoms with Crippen molar-refractivity contribution in [2.24, 2.45) is 0 Å². The van der Waals surface area contributed by atoms with E-state index in [2.05, 4.69) is 19.9 Å². The molecule has 0 amide bonds. The Morgan fingerprint density at radius 1 is 1.04 bits per heavy atom. The lowest BCUT2D eigenvalue weighted by molar-refractivity contribution is -0.131. The van der Waals surface area contributed by atoms with E-state index in [4.69, 9.17) is 14.6 Å². The van der Waals surface area contributed by atoms with Gasteiger partial charge in [-0.3, -0.25) is 0 Å². The molecule has 0 aliphatic heterocycles. The maximum Gasteiger partial charge on any atom is 0.328 e. The summed E-state index contributed by atoms with van der Waals surface area (Å²) in [5.74, 6) is 1.07. The third-order valence-corrected chi connectivity index (χ3v) is 3.45. The zero-order chi connectivity index (χ0) is 17.4. The van der Waals surface area contributed by atoms with Gasteiger partial charge in [0.2, 0.25) is 0 Å². The van der Waals surface area contributed by atoms with Gasteiger partial charge in [-0.15, -0.1) is 0 Å². The molecule has 0 aliphatic rings. The summed E-state index contributed by atoms with van der Waals surface area (Å²) in [5.41, 5.74) is 2.00. The molecule has 1 N–H and O–H groups in total. The van der Waals surface area contributed by atoms with E-state index in [0.29, 0.717) is 19.1 Å². The number of rotatable bonds is 8. The Bertz CT molecular complexity index is 687. The van der Waals surface area contributed by atoms with Crippen molar-refractivity contribution in [1.29, 1.82) is 0 Å². The molecule has 126 valence electrons. The van der Waals surface area contributed by atoms with Crippen molar-refractivity contribution in [2.75, 3.05) is 13.2 Å². The van der Waals surface area contributed by atoms with E-state index in [-0.39, 0.29) is 0 Å². The fraction of sp³-hybridized carbons (Fsp3) is 0.250. The summed E-state index contributed by atoms with van der Waals surface area (Å²) in [7, 11) is 0. The molecule has 0 aliphatic carbocycles. The Labute approximate surface area is 142 Å². The first-order chi connectivity index (χ1) is 11.6. The first kappa shape index (κ1) is 17.6. The molecule has 0 heterocycles. The molecule has 0 saturated carbocycles. The predicted octanol–water partition coefficient (Wildman–Crippen LogP) is 4.37. The number of para-hydroxylation sites is 1. The second-order valence-electron chi connectivity index (χ2n) is 5.63. The van der Waals surface area contributed by atoms with Crippen LogP contribution in [0.2, 0.25) is 0 Å². The van der Waals surface area contributed by atoms with Crippen molar-refractivity contribution in [3.05, 3.63) is 65.7 Å². The van der Waals surface area contributed by atoms with Crippen molar-refractivity contribution in [3.8, 4) is 11.5 Å². The zero-order valence-electron chi connectivity index (χ0n) is 13.9. The van der Waals surface area contributed by atoms with Gasteiger partial charge in [0.15, 0.2) is 0 Å². The molecular weight excluding hydrogens is 304 g/mol. The number of hydrogen-bond acceptors (Lipinski definition) is 3. The number of carbonyl (C=O) groups is 1. The zero-order valence-corrected chi connectivity index (χ0v) is 13.9. The molecule has 4 heteroatoms. The minimum atomic E-state index is -0.964. The number of benzene rings is 2. The van der Waals surface area contributed by atoms with Gasteiger partial charge in [-0.1, -0.05) is 44.2 Å². The van der Waals surface area contributed by atoms with Gasteiger partial charge in [-0.25, -0.2) is 4.79 Å². The normalized spacial score (nSPS) is 11.0. The first-order valence-electron chi connectivity index (χ1n) is 7.92. The monoisotopic (exact) mass is 326 g/mol. The third kappa shape index (κ3) is 5.47. The highest BCUT2D eigenvalue weighted by Gasteiger charge is 2.06. The number of hydrogen-bond donors (Lipinski definition) is 1. The number of carboxylic acid groups (broad SMARTS) is 1. The molecule has 0 saturated heterocycles. The summed E-state index contributed by atoms with van der Waals surface area (Å²) in [6, 6.07) is 15.3. The van der Waals surface area contributed by atoms with Crippen molar-refractivity contribution >= 4 is 12.0 Å². The lowest BCUT2D eigenvalue weighted by atomic mass is 10.0. The van der Waals surface area contributed by atoms with E-state index in [9.17, 15) is 4.79 Å². The van der Waals surface area contributed by atoms with Gasteiger partial charge in [0, 0.05) is 6.08 Å². The fourth-order valence-corrected chi connectivity index (χ4v) is 2.24. The van der Waals surface area contributed by atoms with Crippen LogP contribution < -0.4 is 9.47 Å². The van der Waals surface area contributed by atoms with Gasteiger partial charge in [0.05, 0.1) is 0 Å². The summed E-state index contributed by atoms with van der Waals surface area (Å²) >= 11 is 0. The van der Waals surface area contributed by atoms with Crippen molar-refractivity contribution in [1.82, 2.24) is 0 Å². The highest BCUT2D eigenvalue weighted by Crippen LogP contribution is 2.25. The summed E-state index contributed by atoms with van der Waals surface area (Å²) < 4.78 is 11.5. The fourth-order valence-electron chi connectivity index (χ4n) is 2.24. The lowest BCUT2D eigenvalue weighted by Crippen LogP contribution is -2.10. The Balaban J connectivity index is 1.81. The van der Waals surface area contributed by atoms with Crippen LogP contribution in [-0.4, -0.2) is 24.3 Å². The van der Waals surface area contributed by atoms with E-state index < -0.39 is 5.97 Å². The highest BCUT2D eigenvalue weighted by molar-refractivity contribution is 5.85. The molecule has 2 aromatic carbocycles. The lowest BCUT2D eigenvalue weighted by Gasteiger charge is -2.14. The molecule has 0 fully saturated rings. The van der Waals surface area contributed by atoms with Crippen molar-refractivity contribution in [3.63, 3.8) is 0 Å². The second kappa shape index (κ2) is 8.77. The smallest absolute Gasteiger partial charge is 0.328 e. The van der Waals surface area contributed by atoms with Crippen LogP contribution in [0.1, 0.15) is 30.9 Å². The maximum absolute atomic E-state index is 10.5. The molecule has 0 bridgehead atoms. The standard InChI is InChI=1S/C20H22O4/c1-15(2)18-5-3-4-6-19(18)24-14-13-23-17-10-7-16(8-11-17)9-12-20(21)22/h3-12,15H,13-14H2,1-2H3,(H,21,22). The van der Waals surface area contributed by atoms with E-state index in [1.54, 1.807) is 0 Å². The maximum atomic E-state index is 10.5. The van der Waals surface area contributed by atoms with Gasteiger partial charge >= 0.3 is 5.97 Å². The Morgan fingerprint density at radius 3 is 2.38 bits per heavy atom. The minimum absolute atomic E-state index is 0.411. The van der Waals surface area contributed by atoms with Crippen molar-refractivity contribution in [2.45, 2.75) is 19.8 Å². The summed E-state index contributed by atoms with van der Waals surface area (Å²) in [6.45, 7) is 5.18. The first-order valence-corrected chi connectivity index (χ1v) is 7.92. The van der Waals surface area contributed by atoms with Crippen LogP contribution in [0.15, 0.2) is 54.6 Å². The van der Waals surface area contributed by atoms with E-state index in [1.165, 1.54) is 11.6 Å². The van der Waals surface area contributed by atoms with Crippen LogP contribution in [0.4, 0.5) is 0 Å². The average molecular weight is 326 g/mol. The third-order valence-electron chi connectivity index (χ3n) is 3.45. The SMILES string of the molecule is CC(C)c1ccccc1OCCOc1ccc(C=CC(=O)O)cc1. The van der Waals surface area contributed by atoms with Gasteiger partial charge in [0.25, 0.3) is 0 Å². The van der Waals surface area contributed by atoms with Crippen LogP contribution in [0.25, 0.3) is 6.08 Å². The molecule has 2 aromatic rings. The van der Waals surface area contributed by atoms with Crippen LogP contribution in [0.5, 0.6) is 11.5 Å². The highest BCUT2D eigenvalue weighted by atomic mass is 16.5. The van der Waals surface area contributed by atoms with Gasteiger partial charge < -0.3 is 14.6 Å². The average Bonchev–Trinajstić information content (AvgIpc) is 2.58. The number of ether oxygens (including phenoxy) is 2. The Hall–Kier alpha value is -2.75. The molecular formula is C20H22O4. The molecule has 0 unspecified atom stereocenters. The van der Waals surface area contributed by atoms with Gasteiger partial charge in [-0.2, -0.15) is 0 Å². The van der Waals surface area contributed by atoms with Crippen LogP contribution in [-0.2, 0) is 4.79 Å². The number of aliphatic carboxylic acids is 1. The molecule has 0 spiro atoms. The van der Waals surface area contributed by atoms with E-state index >= 15 is 0 Å².